The molecule has 1 aromatic carbocycles. The van der Waals surface area contributed by atoms with Crippen molar-refractivity contribution in [2.75, 3.05) is 44.7 Å². The SMILES string of the molecule is COc1ccc(C(=O)N2CCNCC2C)cc1N1CCNC1=O. The predicted octanol–water partition coefficient (Wildman–Crippen LogP) is 0.659. The van der Waals surface area contributed by atoms with Crippen LogP contribution in [0.3, 0.4) is 0 Å². The van der Waals surface area contributed by atoms with Gasteiger partial charge in [-0.1, -0.05) is 0 Å². The van der Waals surface area contributed by atoms with Crippen molar-refractivity contribution in [2.24, 2.45) is 0 Å². The van der Waals surface area contributed by atoms with E-state index in [-0.39, 0.29) is 18.0 Å². The molecular formula is C16H22N4O3. The highest BCUT2D eigenvalue weighted by atomic mass is 16.5. The van der Waals surface area contributed by atoms with E-state index < -0.39 is 0 Å². The first kappa shape index (κ1) is 15.6. The number of nitrogens with one attached hydrogen (secondary N) is 2. The van der Waals surface area contributed by atoms with Gasteiger partial charge in [0.25, 0.3) is 5.91 Å². The second-order valence-electron chi connectivity index (χ2n) is 5.82. The molecule has 7 heteroatoms. The molecule has 2 heterocycles. The van der Waals surface area contributed by atoms with Gasteiger partial charge in [0, 0.05) is 44.3 Å². The van der Waals surface area contributed by atoms with Crippen molar-refractivity contribution in [1.82, 2.24) is 15.5 Å². The summed E-state index contributed by atoms with van der Waals surface area (Å²) >= 11 is 0. The molecule has 0 aliphatic carbocycles. The van der Waals surface area contributed by atoms with Crippen LogP contribution in [-0.2, 0) is 0 Å². The zero-order valence-corrected chi connectivity index (χ0v) is 13.5. The lowest BCUT2D eigenvalue weighted by molar-refractivity contribution is 0.0655. The molecule has 2 N–H and O–H groups in total. The Hall–Kier alpha value is -2.28. The topological polar surface area (TPSA) is 73.9 Å². The number of hydrogen-bond acceptors (Lipinski definition) is 4. The molecule has 2 saturated heterocycles. The maximum absolute atomic E-state index is 12.8. The van der Waals surface area contributed by atoms with Crippen LogP contribution in [0.2, 0.25) is 0 Å². The Morgan fingerprint density at radius 2 is 2.13 bits per heavy atom. The number of anilines is 1. The largest absolute Gasteiger partial charge is 0.495 e. The molecule has 2 aliphatic rings. The van der Waals surface area contributed by atoms with Crippen LogP contribution in [0.25, 0.3) is 0 Å². The Morgan fingerprint density at radius 3 is 2.78 bits per heavy atom. The molecule has 0 bridgehead atoms. The van der Waals surface area contributed by atoms with Gasteiger partial charge >= 0.3 is 6.03 Å². The lowest BCUT2D eigenvalue weighted by Crippen LogP contribution is -2.52. The number of carbonyl (C=O) groups excluding carboxylic acids is 2. The van der Waals surface area contributed by atoms with E-state index in [1.807, 2.05) is 11.8 Å². The van der Waals surface area contributed by atoms with Crippen molar-refractivity contribution in [1.29, 1.82) is 0 Å². The van der Waals surface area contributed by atoms with Crippen LogP contribution in [0.4, 0.5) is 10.5 Å². The summed E-state index contributed by atoms with van der Waals surface area (Å²) in [6, 6.07) is 5.25. The predicted molar refractivity (Wildman–Crippen MR) is 87.1 cm³/mol. The van der Waals surface area contributed by atoms with Gasteiger partial charge in [0.1, 0.15) is 5.75 Å². The lowest BCUT2D eigenvalue weighted by Gasteiger charge is -2.34. The first-order valence-corrected chi connectivity index (χ1v) is 7.87. The quantitative estimate of drug-likeness (QED) is 0.859. The number of piperazine rings is 1. The van der Waals surface area contributed by atoms with E-state index in [0.717, 1.165) is 13.1 Å². The van der Waals surface area contributed by atoms with Crippen molar-refractivity contribution in [2.45, 2.75) is 13.0 Å². The average Bonchev–Trinajstić information content (AvgIpc) is 3.00. The summed E-state index contributed by atoms with van der Waals surface area (Å²) in [7, 11) is 1.56. The van der Waals surface area contributed by atoms with E-state index in [1.165, 1.54) is 0 Å². The maximum atomic E-state index is 12.8. The van der Waals surface area contributed by atoms with Gasteiger partial charge in [-0.3, -0.25) is 9.69 Å². The highest BCUT2D eigenvalue weighted by Crippen LogP contribution is 2.31. The zero-order valence-electron chi connectivity index (χ0n) is 13.5. The number of rotatable bonds is 3. The minimum atomic E-state index is -0.163. The molecule has 1 atom stereocenters. The molecule has 0 radical (unpaired) electrons. The molecule has 124 valence electrons. The van der Waals surface area contributed by atoms with Crippen LogP contribution in [0.1, 0.15) is 17.3 Å². The third kappa shape index (κ3) is 2.96. The molecule has 2 fully saturated rings. The van der Waals surface area contributed by atoms with Gasteiger partial charge in [0.05, 0.1) is 12.8 Å². The van der Waals surface area contributed by atoms with Crippen LogP contribution < -0.4 is 20.3 Å². The smallest absolute Gasteiger partial charge is 0.322 e. The van der Waals surface area contributed by atoms with Crippen LogP contribution >= 0.6 is 0 Å². The van der Waals surface area contributed by atoms with Gasteiger partial charge in [-0.25, -0.2) is 4.79 Å². The first-order chi connectivity index (χ1) is 11.1. The Morgan fingerprint density at radius 1 is 1.30 bits per heavy atom. The summed E-state index contributed by atoms with van der Waals surface area (Å²) in [5.41, 5.74) is 1.21. The van der Waals surface area contributed by atoms with Crippen LogP contribution in [0.5, 0.6) is 5.75 Å². The van der Waals surface area contributed by atoms with E-state index in [4.69, 9.17) is 4.74 Å². The average molecular weight is 318 g/mol. The van der Waals surface area contributed by atoms with E-state index >= 15 is 0 Å². The fraction of sp³-hybridized carbons (Fsp3) is 0.500. The minimum absolute atomic E-state index is 0.0116. The molecule has 3 rings (SSSR count). The van der Waals surface area contributed by atoms with Crippen molar-refractivity contribution in [3.05, 3.63) is 23.8 Å². The monoisotopic (exact) mass is 318 g/mol. The number of amides is 3. The van der Waals surface area contributed by atoms with Crippen LogP contribution in [0.15, 0.2) is 18.2 Å². The maximum Gasteiger partial charge on any atom is 0.322 e. The molecule has 0 aromatic heterocycles. The Balaban J connectivity index is 1.91. The Labute approximate surface area is 135 Å². The van der Waals surface area contributed by atoms with Crippen molar-refractivity contribution in [3.8, 4) is 5.75 Å². The van der Waals surface area contributed by atoms with Gasteiger partial charge < -0.3 is 20.3 Å². The molecule has 1 unspecified atom stereocenters. The summed E-state index contributed by atoms with van der Waals surface area (Å²) in [6.07, 6.45) is 0. The Bertz CT molecular complexity index is 619. The standard InChI is InChI=1S/C16H22N4O3/c1-11-10-17-5-7-19(11)15(21)12-3-4-14(23-2)13(9-12)20-8-6-18-16(20)22/h3-4,9,11,17H,5-8,10H2,1-2H3,(H,18,22). The first-order valence-electron chi connectivity index (χ1n) is 7.87. The fourth-order valence-electron chi connectivity index (χ4n) is 3.04. The van der Waals surface area contributed by atoms with Gasteiger partial charge in [0.15, 0.2) is 0 Å². The van der Waals surface area contributed by atoms with Crippen molar-refractivity contribution >= 4 is 17.6 Å². The number of nitrogens with zero attached hydrogens (tertiary/aromatic N) is 2. The van der Waals surface area contributed by atoms with E-state index in [0.29, 0.717) is 36.6 Å². The molecular weight excluding hydrogens is 296 g/mol. The summed E-state index contributed by atoms with van der Waals surface area (Å²) in [5.74, 6) is 0.578. The molecule has 23 heavy (non-hydrogen) atoms. The molecule has 3 amide bonds. The number of urea groups is 1. The molecule has 1 aromatic rings. The Kier molecular flexibility index (Phi) is 4.38. The molecule has 0 spiro atoms. The molecule has 0 saturated carbocycles. The van der Waals surface area contributed by atoms with E-state index in [2.05, 4.69) is 10.6 Å². The summed E-state index contributed by atoms with van der Waals surface area (Å²) in [4.78, 5) is 28.2. The van der Waals surface area contributed by atoms with E-state index in [1.54, 1.807) is 30.2 Å². The van der Waals surface area contributed by atoms with Gasteiger partial charge in [-0.05, 0) is 25.1 Å². The molecule has 7 nitrogen and oxygen atoms in total. The third-order valence-electron chi connectivity index (χ3n) is 4.34. The van der Waals surface area contributed by atoms with E-state index in [9.17, 15) is 9.59 Å². The summed E-state index contributed by atoms with van der Waals surface area (Å²) < 4.78 is 5.35. The van der Waals surface area contributed by atoms with Gasteiger partial charge in [-0.2, -0.15) is 0 Å². The highest BCUT2D eigenvalue weighted by molar-refractivity contribution is 6.00. The third-order valence-corrected chi connectivity index (χ3v) is 4.34. The zero-order chi connectivity index (χ0) is 16.4. The number of benzene rings is 1. The summed E-state index contributed by atoms with van der Waals surface area (Å²) in [5, 5.41) is 6.04. The highest BCUT2D eigenvalue weighted by Gasteiger charge is 2.28. The fourth-order valence-corrected chi connectivity index (χ4v) is 3.04. The second-order valence-corrected chi connectivity index (χ2v) is 5.82. The minimum Gasteiger partial charge on any atom is -0.495 e. The molecule has 2 aliphatic heterocycles. The normalized spacial score (nSPS) is 21.3. The van der Waals surface area contributed by atoms with Gasteiger partial charge in [0.2, 0.25) is 0 Å². The van der Waals surface area contributed by atoms with Crippen molar-refractivity contribution in [3.63, 3.8) is 0 Å². The number of methoxy groups -OCH3 is 1. The van der Waals surface area contributed by atoms with Crippen LogP contribution in [-0.4, -0.2) is 62.7 Å². The number of carbonyl (C=O) groups is 2. The lowest BCUT2D eigenvalue weighted by atomic mass is 10.1. The number of ether oxygens (including phenoxy) is 1. The number of hydrogen-bond donors (Lipinski definition) is 2. The van der Waals surface area contributed by atoms with Crippen LogP contribution in [0, 0.1) is 0 Å². The van der Waals surface area contributed by atoms with Gasteiger partial charge in [-0.15, -0.1) is 0 Å². The summed E-state index contributed by atoms with van der Waals surface area (Å²) in [6.45, 7) is 5.47. The van der Waals surface area contributed by atoms with Crippen molar-refractivity contribution < 1.29 is 14.3 Å². The second kappa shape index (κ2) is 6.45.